The van der Waals surface area contributed by atoms with E-state index in [1.165, 1.54) is 12.8 Å². The molecule has 5 nitrogen and oxygen atoms in total. The predicted molar refractivity (Wildman–Crippen MR) is 101 cm³/mol. The summed E-state index contributed by atoms with van der Waals surface area (Å²) in [5.41, 5.74) is 0. The zero-order chi connectivity index (χ0) is 17.5. The van der Waals surface area contributed by atoms with E-state index in [9.17, 15) is 4.79 Å². The lowest BCUT2D eigenvalue weighted by Crippen LogP contribution is -2.50. The summed E-state index contributed by atoms with van der Waals surface area (Å²) in [6.45, 7) is 6.06. The highest BCUT2D eigenvalue weighted by atomic mass is 79.9. The van der Waals surface area contributed by atoms with E-state index in [1.807, 2.05) is 29.2 Å². The molecule has 0 N–H and O–H groups in total. The van der Waals surface area contributed by atoms with Gasteiger partial charge < -0.3 is 14.4 Å². The lowest BCUT2D eigenvalue weighted by molar-refractivity contribution is -0.133. The van der Waals surface area contributed by atoms with Gasteiger partial charge in [-0.25, -0.2) is 0 Å². The Labute approximate surface area is 158 Å². The minimum atomic E-state index is 0.243. The smallest absolute Gasteiger partial charge is 0.222 e. The Kier molecular flexibility index (Phi) is 7.13. The number of ether oxygens (including phenoxy) is 2. The van der Waals surface area contributed by atoms with Crippen LogP contribution >= 0.6 is 15.9 Å². The number of benzene rings is 1. The maximum absolute atomic E-state index is 12.3. The first-order chi connectivity index (χ1) is 12.2. The van der Waals surface area contributed by atoms with Gasteiger partial charge in [-0.05, 0) is 47.3 Å². The van der Waals surface area contributed by atoms with Crippen molar-refractivity contribution >= 4 is 21.8 Å². The van der Waals surface area contributed by atoms with Crippen LogP contribution in [0.5, 0.6) is 5.75 Å². The van der Waals surface area contributed by atoms with Crippen LogP contribution in [0.25, 0.3) is 0 Å². The van der Waals surface area contributed by atoms with Crippen molar-refractivity contribution in [1.82, 2.24) is 9.80 Å². The lowest BCUT2D eigenvalue weighted by Gasteiger charge is -2.35. The van der Waals surface area contributed by atoms with Gasteiger partial charge in [-0.3, -0.25) is 9.69 Å². The fourth-order valence-electron chi connectivity index (χ4n) is 3.38. The Hall–Kier alpha value is -1.11. The van der Waals surface area contributed by atoms with Gasteiger partial charge >= 0.3 is 0 Å². The van der Waals surface area contributed by atoms with E-state index < -0.39 is 0 Å². The molecule has 2 aliphatic heterocycles. The summed E-state index contributed by atoms with van der Waals surface area (Å²) in [6.07, 6.45) is 4.06. The van der Waals surface area contributed by atoms with Gasteiger partial charge in [0.15, 0.2) is 0 Å². The van der Waals surface area contributed by atoms with E-state index >= 15 is 0 Å². The number of halogens is 1. The molecule has 0 bridgehead atoms. The number of carbonyl (C=O) groups excluding carboxylic acids is 1. The van der Waals surface area contributed by atoms with Crippen LogP contribution in [0.3, 0.4) is 0 Å². The quantitative estimate of drug-likeness (QED) is 0.648. The molecule has 2 heterocycles. The van der Waals surface area contributed by atoms with Crippen LogP contribution in [0.2, 0.25) is 0 Å². The number of para-hydroxylation sites is 1. The SMILES string of the molecule is O=C(CCCOc1ccccc1Br)N1CCN(CC2CCCO2)CC1. The maximum Gasteiger partial charge on any atom is 0.222 e. The van der Waals surface area contributed by atoms with Crippen LogP contribution in [0.4, 0.5) is 0 Å². The zero-order valence-corrected chi connectivity index (χ0v) is 16.2. The first kappa shape index (κ1) is 18.7. The summed E-state index contributed by atoms with van der Waals surface area (Å²) < 4.78 is 12.4. The van der Waals surface area contributed by atoms with Crippen molar-refractivity contribution in [2.75, 3.05) is 45.9 Å². The lowest BCUT2D eigenvalue weighted by atomic mass is 10.2. The molecule has 1 aromatic rings. The number of amides is 1. The van der Waals surface area contributed by atoms with Crippen LogP contribution in [0, 0.1) is 0 Å². The Bertz CT molecular complexity index is 555. The molecule has 0 aliphatic carbocycles. The second-order valence-electron chi connectivity index (χ2n) is 6.70. The van der Waals surface area contributed by atoms with Crippen LogP contribution < -0.4 is 4.74 Å². The Balaban J connectivity index is 1.30. The van der Waals surface area contributed by atoms with E-state index in [0.717, 1.165) is 56.0 Å². The molecule has 25 heavy (non-hydrogen) atoms. The minimum Gasteiger partial charge on any atom is -0.492 e. The van der Waals surface area contributed by atoms with Crippen molar-refractivity contribution in [2.45, 2.75) is 31.8 Å². The van der Waals surface area contributed by atoms with Crippen LogP contribution in [0.15, 0.2) is 28.7 Å². The summed E-state index contributed by atoms with van der Waals surface area (Å²) in [5.74, 6) is 1.07. The highest BCUT2D eigenvalue weighted by molar-refractivity contribution is 9.10. The highest BCUT2D eigenvalue weighted by Gasteiger charge is 2.24. The van der Waals surface area contributed by atoms with Crippen molar-refractivity contribution < 1.29 is 14.3 Å². The second kappa shape index (κ2) is 9.55. The van der Waals surface area contributed by atoms with E-state index in [4.69, 9.17) is 9.47 Å². The third-order valence-corrected chi connectivity index (χ3v) is 5.50. The van der Waals surface area contributed by atoms with Crippen LogP contribution in [0.1, 0.15) is 25.7 Å². The Morgan fingerprint density at radius 2 is 2.04 bits per heavy atom. The number of rotatable bonds is 7. The van der Waals surface area contributed by atoms with Crippen molar-refractivity contribution in [2.24, 2.45) is 0 Å². The van der Waals surface area contributed by atoms with Crippen molar-refractivity contribution in [3.05, 3.63) is 28.7 Å². The highest BCUT2D eigenvalue weighted by Crippen LogP contribution is 2.24. The summed E-state index contributed by atoms with van der Waals surface area (Å²) in [6, 6.07) is 7.79. The fraction of sp³-hybridized carbons (Fsp3) is 0.632. The number of nitrogens with zero attached hydrogens (tertiary/aromatic N) is 2. The van der Waals surface area contributed by atoms with E-state index in [1.54, 1.807) is 0 Å². The number of carbonyl (C=O) groups is 1. The number of hydrogen-bond donors (Lipinski definition) is 0. The van der Waals surface area contributed by atoms with Gasteiger partial charge in [0.2, 0.25) is 5.91 Å². The topological polar surface area (TPSA) is 42.0 Å². The van der Waals surface area contributed by atoms with E-state index in [-0.39, 0.29) is 5.91 Å². The number of hydrogen-bond acceptors (Lipinski definition) is 4. The molecular formula is C19H27BrN2O3. The molecule has 138 valence electrons. The Morgan fingerprint density at radius 1 is 1.24 bits per heavy atom. The normalized spacial score (nSPS) is 21.5. The van der Waals surface area contributed by atoms with Crippen molar-refractivity contribution in [1.29, 1.82) is 0 Å². The van der Waals surface area contributed by atoms with Crippen molar-refractivity contribution in [3.8, 4) is 5.75 Å². The standard InChI is InChI=1S/C19H27BrN2O3/c20-17-6-1-2-7-18(17)25-14-4-8-19(23)22-11-9-21(10-12-22)15-16-5-3-13-24-16/h1-2,6-7,16H,3-5,8-15H2. The van der Waals surface area contributed by atoms with Gasteiger partial charge in [0.05, 0.1) is 17.2 Å². The molecule has 2 fully saturated rings. The molecular weight excluding hydrogens is 384 g/mol. The summed E-state index contributed by atoms with van der Waals surface area (Å²) >= 11 is 3.46. The molecule has 0 radical (unpaired) electrons. The van der Waals surface area contributed by atoms with Gasteiger partial charge in [0.25, 0.3) is 0 Å². The molecule has 1 unspecified atom stereocenters. The predicted octanol–water partition coefficient (Wildman–Crippen LogP) is 2.93. The summed E-state index contributed by atoms with van der Waals surface area (Å²) in [7, 11) is 0. The molecule has 2 saturated heterocycles. The van der Waals surface area contributed by atoms with E-state index in [0.29, 0.717) is 19.1 Å². The third-order valence-electron chi connectivity index (χ3n) is 4.84. The van der Waals surface area contributed by atoms with Gasteiger partial charge in [-0.15, -0.1) is 0 Å². The first-order valence-electron chi connectivity index (χ1n) is 9.21. The molecule has 1 atom stereocenters. The molecule has 1 amide bonds. The molecule has 6 heteroatoms. The van der Waals surface area contributed by atoms with Gasteiger partial charge in [0.1, 0.15) is 5.75 Å². The van der Waals surface area contributed by atoms with Crippen LogP contribution in [-0.4, -0.2) is 67.7 Å². The molecule has 0 aromatic heterocycles. The maximum atomic E-state index is 12.3. The summed E-state index contributed by atoms with van der Waals surface area (Å²) in [4.78, 5) is 16.8. The first-order valence-corrected chi connectivity index (χ1v) is 10.0. The van der Waals surface area contributed by atoms with Crippen LogP contribution in [-0.2, 0) is 9.53 Å². The Morgan fingerprint density at radius 3 is 2.76 bits per heavy atom. The van der Waals surface area contributed by atoms with Gasteiger partial charge in [0, 0.05) is 45.8 Å². The zero-order valence-electron chi connectivity index (χ0n) is 14.7. The molecule has 1 aromatic carbocycles. The van der Waals surface area contributed by atoms with Gasteiger partial charge in [-0.1, -0.05) is 12.1 Å². The molecule has 0 saturated carbocycles. The summed E-state index contributed by atoms with van der Waals surface area (Å²) in [5, 5.41) is 0. The largest absolute Gasteiger partial charge is 0.492 e. The van der Waals surface area contributed by atoms with Gasteiger partial charge in [-0.2, -0.15) is 0 Å². The second-order valence-corrected chi connectivity index (χ2v) is 7.55. The number of piperazine rings is 1. The molecule has 3 rings (SSSR count). The third kappa shape index (κ3) is 5.69. The monoisotopic (exact) mass is 410 g/mol. The average Bonchev–Trinajstić information content (AvgIpc) is 3.13. The van der Waals surface area contributed by atoms with E-state index in [2.05, 4.69) is 20.8 Å². The minimum absolute atomic E-state index is 0.243. The molecule has 2 aliphatic rings. The molecule has 0 spiro atoms. The van der Waals surface area contributed by atoms with Crippen molar-refractivity contribution in [3.63, 3.8) is 0 Å². The average molecular weight is 411 g/mol. The fourth-order valence-corrected chi connectivity index (χ4v) is 3.78.